The molecule has 27 heavy (non-hydrogen) atoms. The van der Waals surface area contributed by atoms with Crippen LogP contribution in [-0.4, -0.2) is 59.8 Å². The highest BCUT2D eigenvalue weighted by molar-refractivity contribution is 6.27. The zero-order valence-electron chi connectivity index (χ0n) is 15.6. The summed E-state index contributed by atoms with van der Waals surface area (Å²) in [6.45, 7) is 1.75. The Morgan fingerprint density at radius 1 is 1.04 bits per heavy atom. The van der Waals surface area contributed by atoms with E-state index in [1.165, 1.54) is 0 Å². The maximum Gasteiger partial charge on any atom is 0.414 e. The Hall–Kier alpha value is -3.13. The number of carbonyl (C=O) groups is 2. The molecule has 2 N–H and O–H groups in total. The quantitative estimate of drug-likeness (QED) is 0.706. The molecule has 0 radical (unpaired) electrons. The molecule has 0 fully saturated rings. The first kappa shape index (κ1) is 21.9. The number of para-hydroxylation sites is 1. The average molecular weight is 376 g/mol. The van der Waals surface area contributed by atoms with Crippen LogP contribution in [0.3, 0.4) is 0 Å². The van der Waals surface area contributed by atoms with Crippen LogP contribution >= 0.6 is 0 Å². The van der Waals surface area contributed by atoms with Crippen LogP contribution in [0.5, 0.6) is 11.5 Å². The second-order valence-electron chi connectivity index (χ2n) is 5.57. The Labute approximate surface area is 158 Å². The van der Waals surface area contributed by atoms with Crippen molar-refractivity contribution in [3.8, 4) is 11.5 Å². The summed E-state index contributed by atoms with van der Waals surface area (Å²) < 4.78 is 10.8. The van der Waals surface area contributed by atoms with Gasteiger partial charge >= 0.3 is 11.9 Å². The number of aliphatic carboxylic acids is 2. The number of hydrogen-bond acceptors (Lipinski definition) is 6. The molecule has 146 valence electrons. The van der Waals surface area contributed by atoms with Gasteiger partial charge in [-0.05, 0) is 25.2 Å². The van der Waals surface area contributed by atoms with Crippen molar-refractivity contribution in [3.05, 3.63) is 53.9 Å². The van der Waals surface area contributed by atoms with E-state index in [4.69, 9.17) is 29.3 Å². The molecule has 2 rings (SSSR count). The number of aromatic nitrogens is 1. The standard InChI is InChI=1S/C17H22N2O2.C2H2O4/c1-19(12-10-15-8-4-5-11-18-15)13-14-7-6-9-16(20-2)17(14)21-3;3-1(4)2(5)6/h4-9,11H,10,12-13H2,1-3H3;(H,3,4)(H,5,6). The number of methoxy groups -OCH3 is 2. The monoisotopic (exact) mass is 376 g/mol. The summed E-state index contributed by atoms with van der Waals surface area (Å²) in [6, 6.07) is 12.0. The summed E-state index contributed by atoms with van der Waals surface area (Å²) in [5, 5.41) is 14.8. The SMILES string of the molecule is COc1cccc(CN(C)CCc2ccccn2)c1OC.O=C(O)C(=O)O. The van der Waals surface area contributed by atoms with Crippen molar-refractivity contribution in [1.29, 1.82) is 0 Å². The summed E-state index contributed by atoms with van der Waals surface area (Å²) in [5.74, 6) is -2.07. The highest BCUT2D eigenvalue weighted by Crippen LogP contribution is 2.31. The van der Waals surface area contributed by atoms with Crippen molar-refractivity contribution < 1.29 is 29.3 Å². The Morgan fingerprint density at radius 2 is 1.74 bits per heavy atom. The minimum Gasteiger partial charge on any atom is -0.493 e. The summed E-state index contributed by atoms with van der Waals surface area (Å²) in [6.07, 6.45) is 2.77. The lowest BCUT2D eigenvalue weighted by molar-refractivity contribution is -0.159. The van der Waals surface area contributed by atoms with Crippen LogP contribution in [0.4, 0.5) is 0 Å². The highest BCUT2D eigenvalue weighted by Gasteiger charge is 2.11. The minimum absolute atomic E-state index is 0.771. The van der Waals surface area contributed by atoms with Gasteiger partial charge in [0.05, 0.1) is 14.2 Å². The van der Waals surface area contributed by atoms with E-state index in [2.05, 4.69) is 29.1 Å². The van der Waals surface area contributed by atoms with Gasteiger partial charge in [-0.3, -0.25) is 4.98 Å². The van der Waals surface area contributed by atoms with Crippen LogP contribution in [-0.2, 0) is 22.6 Å². The second kappa shape index (κ2) is 11.5. The zero-order valence-corrected chi connectivity index (χ0v) is 15.6. The Morgan fingerprint density at radius 3 is 2.26 bits per heavy atom. The molecule has 2 aromatic rings. The lowest BCUT2D eigenvalue weighted by atomic mass is 10.1. The summed E-state index contributed by atoms with van der Waals surface area (Å²) in [4.78, 5) is 24.8. The van der Waals surface area contributed by atoms with Crippen LogP contribution < -0.4 is 9.47 Å². The van der Waals surface area contributed by atoms with Crippen molar-refractivity contribution in [2.45, 2.75) is 13.0 Å². The summed E-state index contributed by atoms with van der Waals surface area (Å²) in [7, 11) is 5.43. The van der Waals surface area contributed by atoms with Crippen LogP contribution in [0.25, 0.3) is 0 Å². The largest absolute Gasteiger partial charge is 0.493 e. The molecule has 0 aliphatic carbocycles. The van der Waals surface area contributed by atoms with Gasteiger partial charge in [0.1, 0.15) is 0 Å². The number of ether oxygens (including phenoxy) is 2. The first-order chi connectivity index (χ1) is 12.9. The molecule has 0 unspecified atom stereocenters. The third-order valence-electron chi connectivity index (χ3n) is 3.58. The number of carboxylic acids is 2. The van der Waals surface area contributed by atoms with Crippen LogP contribution in [0, 0.1) is 0 Å². The Balaban J connectivity index is 0.000000527. The molecule has 0 spiro atoms. The molecular formula is C19H24N2O6. The van der Waals surface area contributed by atoms with Gasteiger partial charge in [0.15, 0.2) is 11.5 Å². The van der Waals surface area contributed by atoms with E-state index in [1.54, 1.807) is 14.2 Å². The molecular weight excluding hydrogens is 352 g/mol. The first-order valence-electron chi connectivity index (χ1n) is 8.13. The summed E-state index contributed by atoms with van der Waals surface area (Å²) in [5.41, 5.74) is 2.24. The van der Waals surface area contributed by atoms with Crippen molar-refractivity contribution >= 4 is 11.9 Å². The third-order valence-corrected chi connectivity index (χ3v) is 3.58. The average Bonchev–Trinajstić information content (AvgIpc) is 2.67. The first-order valence-corrected chi connectivity index (χ1v) is 8.13. The van der Waals surface area contributed by atoms with E-state index in [0.29, 0.717) is 0 Å². The normalized spacial score (nSPS) is 9.93. The molecule has 0 bridgehead atoms. The van der Waals surface area contributed by atoms with Gasteiger partial charge in [-0.1, -0.05) is 18.2 Å². The van der Waals surface area contributed by atoms with Crippen molar-refractivity contribution in [3.63, 3.8) is 0 Å². The Kier molecular flexibility index (Phi) is 9.32. The van der Waals surface area contributed by atoms with Crippen LogP contribution in [0.1, 0.15) is 11.3 Å². The number of nitrogens with zero attached hydrogens (tertiary/aromatic N) is 2. The lowest BCUT2D eigenvalue weighted by Crippen LogP contribution is -2.21. The second-order valence-corrected chi connectivity index (χ2v) is 5.57. The van der Waals surface area contributed by atoms with E-state index in [1.807, 2.05) is 30.5 Å². The molecule has 1 aromatic carbocycles. The maximum atomic E-state index is 9.10. The van der Waals surface area contributed by atoms with E-state index in [9.17, 15) is 0 Å². The molecule has 0 amide bonds. The molecule has 8 heteroatoms. The maximum absolute atomic E-state index is 9.10. The van der Waals surface area contributed by atoms with Gasteiger partial charge in [0.2, 0.25) is 0 Å². The third kappa shape index (κ3) is 7.74. The Bertz CT molecular complexity index is 724. The predicted molar refractivity (Wildman–Crippen MR) is 99.1 cm³/mol. The fourth-order valence-electron chi connectivity index (χ4n) is 2.30. The van der Waals surface area contributed by atoms with E-state index in [0.717, 1.165) is 42.3 Å². The number of pyridine rings is 1. The highest BCUT2D eigenvalue weighted by atomic mass is 16.5. The molecule has 1 heterocycles. The lowest BCUT2D eigenvalue weighted by Gasteiger charge is -2.19. The van der Waals surface area contributed by atoms with E-state index < -0.39 is 11.9 Å². The molecule has 1 aromatic heterocycles. The van der Waals surface area contributed by atoms with E-state index >= 15 is 0 Å². The van der Waals surface area contributed by atoms with Gasteiger partial charge in [-0.15, -0.1) is 0 Å². The molecule has 0 aliphatic rings. The van der Waals surface area contributed by atoms with Gasteiger partial charge in [0, 0.05) is 37.0 Å². The van der Waals surface area contributed by atoms with Gasteiger partial charge in [0.25, 0.3) is 0 Å². The van der Waals surface area contributed by atoms with Crippen molar-refractivity contribution in [1.82, 2.24) is 9.88 Å². The van der Waals surface area contributed by atoms with Gasteiger partial charge in [-0.2, -0.15) is 0 Å². The molecule has 0 saturated heterocycles. The van der Waals surface area contributed by atoms with Crippen LogP contribution in [0.2, 0.25) is 0 Å². The molecule has 0 aliphatic heterocycles. The van der Waals surface area contributed by atoms with Gasteiger partial charge < -0.3 is 24.6 Å². The number of hydrogen-bond donors (Lipinski definition) is 2. The van der Waals surface area contributed by atoms with Crippen molar-refractivity contribution in [2.75, 3.05) is 27.8 Å². The topological polar surface area (TPSA) is 109 Å². The number of likely N-dealkylation sites (N-methyl/N-ethyl adjacent to an activating group) is 1. The fourth-order valence-corrected chi connectivity index (χ4v) is 2.30. The van der Waals surface area contributed by atoms with Gasteiger partial charge in [-0.25, -0.2) is 9.59 Å². The number of benzene rings is 1. The molecule has 8 nitrogen and oxygen atoms in total. The number of rotatable bonds is 7. The smallest absolute Gasteiger partial charge is 0.414 e. The molecule has 0 saturated carbocycles. The zero-order chi connectivity index (χ0) is 20.2. The van der Waals surface area contributed by atoms with Crippen molar-refractivity contribution in [2.24, 2.45) is 0 Å². The summed E-state index contributed by atoms with van der Waals surface area (Å²) >= 11 is 0. The number of carboxylic acid groups (broad SMARTS) is 2. The molecule has 0 atom stereocenters. The van der Waals surface area contributed by atoms with Crippen LogP contribution in [0.15, 0.2) is 42.6 Å². The predicted octanol–water partition coefficient (Wildman–Crippen LogP) is 1.93. The minimum atomic E-state index is -1.82. The fraction of sp³-hybridized carbons (Fsp3) is 0.316. The van der Waals surface area contributed by atoms with E-state index in [-0.39, 0.29) is 0 Å².